The van der Waals surface area contributed by atoms with Gasteiger partial charge in [0.25, 0.3) is 0 Å². The second kappa shape index (κ2) is 46.9. The van der Waals surface area contributed by atoms with E-state index >= 15 is 0 Å². The fourth-order valence-corrected chi connectivity index (χ4v) is 8.10. The van der Waals surface area contributed by atoms with Gasteiger partial charge < -0.3 is 14.2 Å². The van der Waals surface area contributed by atoms with Crippen LogP contribution in [-0.4, -0.2) is 37.2 Å². The van der Waals surface area contributed by atoms with E-state index < -0.39 is 6.10 Å². The van der Waals surface area contributed by atoms with Crippen LogP contribution in [0, 0.1) is 11.8 Å². The van der Waals surface area contributed by atoms with Crippen molar-refractivity contribution in [1.29, 1.82) is 0 Å². The fraction of sp³-hybridized carbons (Fsp3) is 0.944. The van der Waals surface area contributed by atoms with Crippen molar-refractivity contribution in [3.63, 3.8) is 0 Å². The van der Waals surface area contributed by atoms with E-state index in [4.69, 9.17) is 14.2 Å². The average Bonchev–Trinajstić information content (AvgIpc) is 3.25. The summed E-state index contributed by atoms with van der Waals surface area (Å²) in [5.41, 5.74) is 0. The molecular formula is C54H104O6. The van der Waals surface area contributed by atoms with Crippen LogP contribution in [0.1, 0.15) is 298 Å². The number of rotatable bonds is 48. The Morgan fingerprint density at radius 2 is 0.583 bits per heavy atom. The van der Waals surface area contributed by atoms with Crippen molar-refractivity contribution in [3.05, 3.63) is 0 Å². The molecule has 0 aromatic carbocycles. The van der Waals surface area contributed by atoms with Crippen molar-refractivity contribution >= 4 is 17.9 Å². The van der Waals surface area contributed by atoms with E-state index in [-0.39, 0.29) is 31.1 Å². The van der Waals surface area contributed by atoms with Crippen molar-refractivity contribution in [3.8, 4) is 0 Å². The third kappa shape index (κ3) is 44.5. The molecule has 0 spiro atoms. The van der Waals surface area contributed by atoms with Crippen LogP contribution >= 0.6 is 0 Å². The molecule has 0 aliphatic carbocycles. The molecule has 0 saturated carbocycles. The minimum Gasteiger partial charge on any atom is -0.462 e. The lowest BCUT2D eigenvalue weighted by atomic mass is 9.99. The maximum absolute atomic E-state index is 12.8. The zero-order valence-corrected chi connectivity index (χ0v) is 41.1. The summed E-state index contributed by atoms with van der Waals surface area (Å²) in [6, 6.07) is 0. The summed E-state index contributed by atoms with van der Waals surface area (Å²) in [4.78, 5) is 38.0. The molecule has 0 rings (SSSR count). The molecule has 0 saturated heterocycles. The molecule has 0 aromatic rings. The van der Waals surface area contributed by atoms with Gasteiger partial charge in [-0.3, -0.25) is 14.4 Å². The Kier molecular flexibility index (Phi) is 45.7. The maximum Gasteiger partial charge on any atom is 0.306 e. The predicted molar refractivity (Wildman–Crippen MR) is 256 cm³/mol. The van der Waals surface area contributed by atoms with E-state index in [1.807, 2.05) is 0 Å². The van der Waals surface area contributed by atoms with Gasteiger partial charge in [-0.1, -0.05) is 259 Å². The molecule has 0 aliphatic rings. The third-order valence-electron chi connectivity index (χ3n) is 12.9. The third-order valence-corrected chi connectivity index (χ3v) is 12.9. The van der Waals surface area contributed by atoms with Crippen LogP contribution in [0.25, 0.3) is 0 Å². The number of carbonyl (C=O) groups is 3. The van der Waals surface area contributed by atoms with Crippen LogP contribution in [0.15, 0.2) is 0 Å². The molecule has 0 radical (unpaired) electrons. The fourth-order valence-electron chi connectivity index (χ4n) is 8.10. The number of ether oxygens (including phenoxy) is 3. The normalized spacial score (nSPS) is 12.9. The van der Waals surface area contributed by atoms with Crippen LogP contribution in [-0.2, 0) is 28.6 Å². The van der Waals surface area contributed by atoms with Crippen molar-refractivity contribution in [1.82, 2.24) is 0 Å². The highest BCUT2D eigenvalue weighted by Gasteiger charge is 2.19. The summed E-state index contributed by atoms with van der Waals surface area (Å²) in [6.07, 6.45) is 47.9. The number of hydrogen-bond acceptors (Lipinski definition) is 6. The Morgan fingerprint density at radius 1 is 0.333 bits per heavy atom. The highest BCUT2D eigenvalue weighted by molar-refractivity contribution is 5.71. The Bertz CT molecular complexity index is 920. The van der Waals surface area contributed by atoms with E-state index in [2.05, 4.69) is 34.6 Å². The molecule has 0 aromatic heterocycles. The van der Waals surface area contributed by atoms with Crippen LogP contribution < -0.4 is 0 Å². The summed E-state index contributed by atoms with van der Waals surface area (Å²) in [7, 11) is 0. The Hall–Kier alpha value is -1.59. The second-order valence-corrected chi connectivity index (χ2v) is 19.0. The standard InChI is InChI=1S/C54H104O6/c1-6-9-10-11-12-13-14-15-16-17-18-19-23-29-34-39-44-52(55)58-47-51(60-54(57)46-41-36-31-26-25-28-33-38-43-50(5)8-3)48-59-53(56)45-40-35-30-24-21-20-22-27-32-37-42-49(4)7-2/h49-51H,6-48H2,1-5H3/t49?,50?,51-/m0/s1. The Balaban J connectivity index is 4.31. The quantitative estimate of drug-likeness (QED) is 0.0345. The lowest BCUT2D eigenvalue weighted by molar-refractivity contribution is -0.167. The lowest BCUT2D eigenvalue weighted by Crippen LogP contribution is -2.30. The first-order chi connectivity index (χ1) is 29.3. The Labute approximate surface area is 374 Å². The van der Waals surface area contributed by atoms with Gasteiger partial charge in [-0.25, -0.2) is 0 Å². The first-order valence-corrected chi connectivity index (χ1v) is 26.8. The van der Waals surface area contributed by atoms with Gasteiger partial charge in [-0.05, 0) is 31.1 Å². The highest BCUT2D eigenvalue weighted by Crippen LogP contribution is 2.18. The second-order valence-electron chi connectivity index (χ2n) is 19.0. The molecule has 0 bridgehead atoms. The molecule has 0 N–H and O–H groups in total. The summed E-state index contributed by atoms with van der Waals surface area (Å²) in [6.45, 7) is 11.4. The molecule has 60 heavy (non-hydrogen) atoms. The van der Waals surface area contributed by atoms with Gasteiger partial charge in [0.15, 0.2) is 6.10 Å². The monoisotopic (exact) mass is 849 g/mol. The predicted octanol–water partition coefficient (Wildman–Crippen LogP) is 17.3. The van der Waals surface area contributed by atoms with Crippen molar-refractivity contribution in [2.45, 2.75) is 304 Å². The molecule has 2 unspecified atom stereocenters. The first-order valence-electron chi connectivity index (χ1n) is 26.8. The van der Waals surface area contributed by atoms with E-state index in [1.165, 1.54) is 186 Å². The van der Waals surface area contributed by atoms with Crippen molar-refractivity contribution in [2.75, 3.05) is 13.2 Å². The van der Waals surface area contributed by atoms with E-state index in [0.29, 0.717) is 19.3 Å². The molecule has 0 fully saturated rings. The summed E-state index contributed by atoms with van der Waals surface area (Å²) < 4.78 is 16.8. The van der Waals surface area contributed by atoms with Gasteiger partial charge in [-0.15, -0.1) is 0 Å². The van der Waals surface area contributed by atoms with Crippen LogP contribution in [0.3, 0.4) is 0 Å². The van der Waals surface area contributed by atoms with Crippen molar-refractivity contribution in [2.24, 2.45) is 11.8 Å². The molecule has 3 atom stereocenters. The largest absolute Gasteiger partial charge is 0.462 e. The minimum absolute atomic E-state index is 0.0639. The van der Waals surface area contributed by atoms with Gasteiger partial charge >= 0.3 is 17.9 Å². The van der Waals surface area contributed by atoms with Crippen LogP contribution in [0.4, 0.5) is 0 Å². The average molecular weight is 849 g/mol. The van der Waals surface area contributed by atoms with Gasteiger partial charge in [0.05, 0.1) is 0 Å². The van der Waals surface area contributed by atoms with Crippen LogP contribution in [0.5, 0.6) is 0 Å². The van der Waals surface area contributed by atoms with Crippen LogP contribution in [0.2, 0.25) is 0 Å². The van der Waals surface area contributed by atoms with Gasteiger partial charge in [0.2, 0.25) is 0 Å². The summed E-state index contributed by atoms with van der Waals surface area (Å²) in [5.74, 6) is 0.867. The van der Waals surface area contributed by atoms with E-state index in [1.54, 1.807) is 0 Å². The topological polar surface area (TPSA) is 78.9 Å². The summed E-state index contributed by atoms with van der Waals surface area (Å²) >= 11 is 0. The number of hydrogen-bond donors (Lipinski definition) is 0. The zero-order valence-electron chi connectivity index (χ0n) is 41.1. The minimum atomic E-state index is -0.762. The van der Waals surface area contributed by atoms with Crippen molar-refractivity contribution < 1.29 is 28.6 Å². The molecule has 0 heterocycles. The van der Waals surface area contributed by atoms with E-state index in [9.17, 15) is 14.4 Å². The number of unbranched alkanes of at least 4 members (excludes halogenated alkanes) is 31. The highest BCUT2D eigenvalue weighted by atomic mass is 16.6. The zero-order chi connectivity index (χ0) is 44.0. The molecule has 0 aliphatic heterocycles. The maximum atomic E-state index is 12.8. The Morgan fingerprint density at radius 3 is 0.867 bits per heavy atom. The van der Waals surface area contributed by atoms with Gasteiger partial charge in [0.1, 0.15) is 13.2 Å². The smallest absolute Gasteiger partial charge is 0.306 e. The SMILES string of the molecule is CCCCCCCCCCCCCCCCCCC(=O)OC[C@@H](COC(=O)CCCCCCCCCCCCC(C)CC)OC(=O)CCCCCCCCCCC(C)CC. The van der Waals surface area contributed by atoms with Gasteiger partial charge in [-0.2, -0.15) is 0 Å². The number of esters is 3. The molecule has 6 heteroatoms. The summed E-state index contributed by atoms with van der Waals surface area (Å²) in [5, 5.41) is 0. The molecule has 6 nitrogen and oxygen atoms in total. The van der Waals surface area contributed by atoms with Gasteiger partial charge in [0, 0.05) is 19.3 Å². The first kappa shape index (κ1) is 58.4. The van der Waals surface area contributed by atoms with E-state index in [0.717, 1.165) is 69.6 Å². The number of carbonyl (C=O) groups excluding carboxylic acids is 3. The molecular weight excluding hydrogens is 745 g/mol. The lowest BCUT2D eigenvalue weighted by Gasteiger charge is -2.18. The molecule has 356 valence electrons. The molecule has 0 amide bonds.